The standard InChI is InChI=1S/C30H34N4O5S/c1-21-3-4-24(19-27(21)32-29(35)25-7-10-28(31-20-25)33-15-17-39-18-16-33)30(36)34-13-11-23(12-14-34)22-5-8-26(9-6-22)40(2,37)38/h3-10,19-20,23H,11-18H2,1-2H3,(H,32,35). The molecular formula is C30H34N4O5S. The second kappa shape index (κ2) is 11.8. The Labute approximate surface area is 235 Å². The highest BCUT2D eigenvalue weighted by atomic mass is 32.2. The molecule has 0 bridgehead atoms. The molecule has 0 saturated carbocycles. The van der Waals surface area contributed by atoms with Crippen molar-refractivity contribution in [2.45, 2.75) is 30.6 Å². The fourth-order valence-corrected chi connectivity index (χ4v) is 5.80. The first kappa shape index (κ1) is 27.8. The summed E-state index contributed by atoms with van der Waals surface area (Å²) in [6.07, 6.45) is 4.37. The average Bonchev–Trinajstić information content (AvgIpc) is 2.98. The smallest absolute Gasteiger partial charge is 0.257 e. The number of carbonyl (C=O) groups excluding carboxylic acids is 2. The van der Waals surface area contributed by atoms with E-state index in [2.05, 4.69) is 15.2 Å². The van der Waals surface area contributed by atoms with Crippen molar-refractivity contribution < 1.29 is 22.7 Å². The van der Waals surface area contributed by atoms with Gasteiger partial charge in [0.15, 0.2) is 9.84 Å². The molecule has 40 heavy (non-hydrogen) atoms. The molecule has 2 aromatic carbocycles. The molecule has 1 N–H and O–H groups in total. The molecule has 2 aliphatic heterocycles. The number of nitrogens with one attached hydrogen (secondary N) is 1. The van der Waals surface area contributed by atoms with E-state index in [1.165, 1.54) is 6.26 Å². The number of ether oxygens (including phenoxy) is 1. The van der Waals surface area contributed by atoms with Gasteiger partial charge in [0.1, 0.15) is 5.82 Å². The lowest BCUT2D eigenvalue weighted by Gasteiger charge is -2.32. The predicted molar refractivity (Wildman–Crippen MR) is 154 cm³/mol. The van der Waals surface area contributed by atoms with Crippen molar-refractivity contribution in [3.63, 3.8) is 0 Å². The fourth-order valence-electron chi connectivity index (χ4n) is 5.17. The lowest BCUT2D eigenvalue weighted by atomic mass is 9.89. The predicted octanol–water partition coefficient (Wildman–Crippen LogP) is 3.90. The van der Waals surface area contributed by atoms with Gasteiger partial charge in [0, 0.05) is 49.9 Å². The number of pyridine rings is 1. The monoisotopic (exact) mass is 562 g/mol. The van der Waals surface area contributed by atoms with Crippen LogP contribution in [0.3, 0.4) is 0 Å². The van der Waals surface area contributed by atoms with E-state index in [1.807, 2.05) is 36.1 Å². The maximum Gasteiger partial charge on any atom is 0.257 e. The lowest BCUT2D eigenvalue weighted by molar-refractivity contribution is 0.0712. The van der Waals surface area contributed by atoms with Crippen LogP contribution in [0.15, 0.2) is 65.7 Å². The van der Waals surface area contributed by atoms with Gasteiger partial charge in [0.25, 0.3) is 11.8 Å². The maximum atomic E-state index is 13.3. The number of hydrogen-bond acceptors (Lipinski definition) is 7. The van der Waals surface area contributed by atoms with Gasteiger partial charge in [-0.3, -0.25) is 9.59 Å². The van der Waals surface area contributed by atoms with Crippen molar-refractivity contribution >= 4 is 33.2 Å². The van der Waals surface area contributed by atoms with Crippen molar-refractivity contribution in [3.8, 4) is 0 Å². The maximum absolute atomic E-state index is 13.3. The van der Waals surface area contributed by atoms with Gasteiger partial charge in [-0.05, 0) is 73.2 Å². The molecular weight excluding hydrogens is 528 g/mol. The molecule has 0 radical (unpaired) electrons. The number of aromatic nitrogens is 1. The Morgan fingerprint density at radius 3 is 2.23 bits per heavy atom. The largest absolute Gasteiger partial charge is 0.378 e. The number of anilines is 2. The Hall–Kier alpha value is -3.76. The molecule has 3 aromatic rings. The van der Waals surface area contributed by atoms with Gasteiger partial charge in [0.05, 0.1) is 23.7 Å². The number of likely N-dealkylation sites (tertiary alicyclic amines) is 1. The van der Waals surface area contributed by atoms with Gasteiger partial charge in [-0.25, -0.2) is 13.4 Å². The van der Waals surface area contributed by atoms with Gasteiger partial charge < -0.3 is 19.9 Å². The van der Waals surface area contributed by atoms with Crippen LogP contribution in [0, 0.1) is 6.92 Å². The van der Waals surface area contributed by atoms with Crippen molar-refractivity contribution in [2.75, 3.05) is 55.9 Å². The summed E-state index contributed by atoms with van der Waals surface area (Å²) in [4.78, 5) is 35.0. The zero-order valence-electron chi connectivity index (χ0n) is 22.8. The first-order chi connectivity index (χ1) is 19.2. The molecule has 5 rings (SSSR count). The molecule has 2 amide bonds. The molecule has 2 aliphatic rings. The Morgan fingerprint density at radius 2 is 1.60 bits per heavy atom. The summed E-state index contributed by atoms with van der Waals surface area (Å²) in [7, 11) is -3.23. The molecule has 2 saturated heterocycles. The highest BCUT2D eigenvalue weighted by Crippen LogP contribution is 2.30. The summed E-state index contributed by atoms with van der Waals surface area (Å²) in [5, 5.41) is 2.94. The van der Waals surface area contributed by atoms with Crippen LogP contribution >= 0.6 is 0 Å². The van der Waals surface area contributed by atoms with Crippen molar-refractivity contribution in [1.82, 2.24) is 9.88 Å². The SMILES string of the molecule is Cc1ccc(C(=O)N2CCC(c3ccc(S(C)(=O)=O)cc3)CC2)cc1NC(=O)c1ccc(N2CCOCC2)nc1. The van der Waals surface area contributed by atoms with E-state index in [4.69, 9.17) is 4.74 Å². The zero-order valence-corrected chi connectivity index (χ0v) is 23.6. The number of nitrogens with zero attached hydrogens (tertiary/aromatic N) is 3. The van der Waals surface area contributed by atoms with Gasteiger partial charge in [0.2, 0.25) is 0 Å². The first-order valence-corrected chi connectivity index (χ1v) is 15.4. The normalized spacial score (nSPS) is 16.6. The highest BCUT2D eigenvalue weighted by Gasteiger charge is 2.25. The number of amides is 2. The van der Waals surface area contributed by atoms with Crippen molar-refractivity contribution in [3.05, 3.63) is 83.0 Å². The van der Waals surface area contributed by atoms with E-state index in [-0.39, 0.29) is 17.7 Å². The van der Waals surface area contributed by atoms with E-state index in [0.717, 1.165) is 42.9 Å². The number of hydrogen-bond donors (Lipinski definition) is 1. The van der Waals surface area contributed by atoms with Crippen LogP contribution in [-0.2, 0) is 14.6 Å². The van der Waals surface area contributed by atoms with Crippen LogP contribution in [0.4, 0.5) is 11.5 Å². The van der Waals surface area contributed by atoms with E-state index in [1.54, 1.807) is 36.5 Å². The molecule has 0 unspecified atom stereocenters. The number of morpholine rings is 1. The van der Waals surface area contributed by atoms with Crippen LogP contribution in [-0.4, -0.2) is 75.8 Å². The summed E-state index contributed by atoms with van der Waals surface area (Å²) in [6, 6.07) is 16.0. The summed E-state index contributed by atoms with van der Waals surface area (Å²) in [6.45, 7) is 5.98. The molecule has 210 valence electrons. The Balaban J connectivity index is 1.20. The lowest BCUT2D eigenvalue weighted by Crippen LogP contribution is -2.38. The third-order valence-electron chi connectivity index (χ3n) is 7.64. The Kier molecular flexibility index (Phi) is 8.18. The summed E-state index contributed by atoms with van der Waals surface area (Å²) in [5.74, 6) is 0.737. The number of sulfone groups is 1. The molecule has 2 fully saturated rings. The molecule has 3 heterocycles. The van der Waals surface area contributed by atoms with Crippen LogP contribution in [0.5, 0.6) is 0 Å². The van der Waals surface area contributed by atoms with Gasteiger partial charge >= 0.3 is 0 Å². The van der Waals surface area contributed by atoms with Gasteiger partial charge in [-0.15, -0.1) is 0 Å². The Bertz CT molecular complexity index is 1480. The third-order valence-corrected chi connectivity index (χ3v) is 8.77. The third kappa shape index (κ3) is 6.34. The minimum Gasteiger partial charge on any atom is -0.378 e. The average molecular weight is 563 g/mol. The van der Waals surface area contributed by atoms with E-state index >= 15 is 0 Å². The topological polar surface area (TPSA) is 109 Å². The highest BCUT2D eigenvalue weighted by molar-refractivity contribution is 7.90. The molecule has 9 nitrogen and oxygen atoms in total. The molecule has 10 heteroatoms. The second-order valence-corrected chi connectivity index (χ2v) is 12.4. The molecule has 0 aliphatic carbocycles. The van der Waals surface area contributed by atoms with Crippen LogP contribution < -0.4 is 10.2 Å². The number of rotatable bonds is 6. The number of piperidine rings is 1. The summed E-state index contributed by atoms with van der Waals surface area (Å²) < 4.78 is 28.9. The van der Waals surface area contributed by atoms with Crippen molar-refractivity contribution in [2.24, 2.45) is 0 Å². The zero-order chi connectivity index (χ0) is 28.3. The van der Waals surface area contributed by atoms with Crippen LogP contribution in [0.1, 0.15) is 50.6 Å². The van der Waals surface area contributed by atoms with Gasteiger partial charge in [-0.2, -0.15) is 0 Å². The van der Waals surface area contributed by atoms with Gasteiger partial charge in [-0.1, -0.05) is 18.2 Å². The van der Waals surface area contributed by atoms with E-state index in [9.17, 15) is 18.0 Å². The van der Waals surface area contributed by atoms with E-state index < -0.39 is 9.84 Å². The minimum absolute atomic E-state index is 0.0714. The fraction of sp³-hybridized carbons (Fsp3) is 0.367. The van der Waals surface area contributed by atoms with Crippen molar-refractivity contribution in [1.29, 1.82) is 0 Å². The molecule has 0 atom stereocenters. The minimum atomic E-state index is -3.23. The van der Waals surface area contributed by atoms with Crippen LogP contribution in [0.2, 0.25) is 0 Å². The number of carbonyl (C=O) groups is 2. The Morgan fingerprint density at radius 1 is 0.925 bits per heavy atom. The molecule has 0 spiro atoms. The summed E-state index contributed by atoms with van der Waals surface area (Å²) in [5.41, 5.74) is 3.51. The summed E-state index contributed by atoms with van der Waals surface area (Å²) >= 11 is 0. The quantitative estimate of drug-likeness (QED) is 0.485. The first-order valence-electron chi connectivity index (χ1n) is 13.5. The van der Waals surface area contributed by atoms with E-state index in [0.29, 0.717) is 48.0 Å². The second-order valence-electron chi connectivity index (χ2n) is 10.4. The van der Waals surface area contributed by atoms with Crippen LogP contribution in [0.25, 0.3) is 0 Å². The number of aryl methyl sites for hydroxylation is 1. The molecule has 1 aromatic heterocycles. The number of benzene rings is 2.